The van der Waals surface area contributed by atoms with Gasteiger partial charge in [0.15, 0.2) is 0 Å². The van der Waals surface area contributed by atoms with E-state index in [1.165, 1.54) is 36.8 Å². The predicted molar refractivity (Wildman–Crippen MR) is 53.3 cm³/mol. The van der Waals surface area contributed by atoms with Crippen molar-refractivity contribution in [2.75, 3.05) is 0 Å². The zero-order valence-electron chi connectivity index (χ0n) is 8.12. The Morgan fingerprint density at radius 2 is 2.29 bits per heavy atom. The summed E-state index contributed by atoms with van der Waals surface area (Å²) in [6.07, 6.45) is 10.2. The monoisotopic (exact) mass is 187 g/mol. The molecule has 3 aliphatic rings. The third kappa shape index (κ3) is 0.978. The van der Waals surface area contributed by atoms with Gasteiger partial charge >= 0.3 is 0 Å². The van der Waals surface area contributed by atoms with Gasteiger partial charge in [0.2, 0.25) is 6.08 Å². The summed E-state index contributed by atoms with van der Waals surface area (Å²) in [6, 6.07) is 0. The molecule has 0 bridgehead atoms. The molecular weight excluding hydrogens is 174 g/mol. The van der Waals surface area contributed by atoms with E-state index < -0.39 is 0 Å². The van der Waals surface area contributed by atoms with Crippen LogP contribution in [-0.2, 0) is 4.79 Å². The van der Waals surface area contributed by atoms with Crippen LogP contribution in [0, 0.1) is 11.8 Å². The molecule has 3 rings (SSSR count). The summed E-state index contributed by atoms with van der Waals surface area (Å²) in [4.78, 5) is 14.3. The molecule has 0 spiro atoms. The number of rotatable bonds is 1. The van der Waals surface area contributed by atoms with Gasteiger partial charge in [0.05, 0.1) is 5.70 Å². The van der Waals surface area contributed by atoms with E-state index in [0.717, 1.165) is 12.1 Å². The molecular formula is C12H13NO. The van der Waals surface area contributed by atoms with Crippen molar-refractivity contribution in [1.82, 2.24) is 0 Å². The summed E-state index contributed by atoms with van der Waals surface area (Å²) in [5.41, 5.74) is 3.92. The minimum Gasteiger partial charge on any atom is -0.211 e. The summed E-state index contributed by atoms with van der Waals surface area (Å²) >= 11 is 0. The molecule has 72 valence electrons. The fraction of sp³-hybridized carbons (Fsp3) is 0.583. The Morgan fingerprint density at radius 3 is 3.00 bits per heavy atom. The molecule has 0 aliphatic heterocycles. The van der Waals surface area contributed by atoms with E-state index in [-0.39, 0.29) is 0 Å². The van der Waals surface area contributed by atoms with Gasteiger partial charge in [0, 0.05) is 5.92 Å². The van der Waals surface area contributed by atoms with Gasteiger partial charge in [-0.3, -0.25) is 0 Å². The molecule has 0 radical (unpaired) electrons. The highest BCUT2D eigenvalue weighted by Gasteiger charge is 2.39. The molecule has 0 heterocycles. The van der Waals surface area contributed by atoms with E-state index in [1.54, 1.807) is 6.08 Å². The second-order valence-electron chi connectivity index (χ2n) is 4.46. The van der Waals surface area contributed by atoms with Gasteiger partial charge in [-0.2, -0.15) is 4.99 Å². The molecule has 0 aromatic rings. The van der Waals surface area contributed by atoms with Crippen molar-refractivity contribution in [2.45, 2.75) is 32.1 Å². The quantitative estimate of drug-likeness (QED) is 0.458. The van der Waals surface area contributed by atoms with E-state index >= 15 is 0 Å². The molecule has 2 unspecified atom stereocenters. The first-order chi connectivity index (χ1) is 6.90. The number of aliphatic imine (C=N–C) groups is 1. The van der Waals surface area contributed by atoms with Crippen LogP contribution in [0.25, 0.3) is 0 Å². The smallest absolute Gasteiger partial charge is 0.211 e. The highest BCUT2D eigenvalue weighted by atomic mass is 16.1. The molecule has 2 heteroatoms. The van der Waals surface area contributed by atoms with Crippen LogP contribution in [0.2, 0.25) is 0 Å². The van der Waals surface area contributed by atoms with Crippen LogP contribution in [0.15, 0.2) is 27.9 Å². The zero-order valence-corrected chi connectivity index (χ0v) is 8.12. The Hall–Kier alpha value is -1.14. The highest BCUT2D eigenvalue weighted by Crippen LogP contribution is 2.50. The van der Waals surface area contributed by atoms with Crippen molar-refractivity contribution in [3.8, 4) is 0 Å². The van der Waals surface area contributed by atoms with Crippen molar-refractivity contribution in [1.29, 1.82) is 0 Å². The van der Waals surface area contributed by atoms with Gasteiger partial charge in [-0.25, -0.2) is 4.79 Å². The molecule has 2 nitrogen and oxygen atoms in total. The maximum Gasteiger partial charge on any atom is 0.240 e. The molecule has 3 aliphatic carbocycles. The van der Waals surface area contributed by atoms with Gasteiger partial charge in [0.1, 0.15) is 0 Å². The fourth-order valence-electron chi connectivity index (χ4n) is 2.99. The summed E-state index contributed by atoms with van der Waals surface area (Å²) in [5.74, 6) is 1.23. The van der Waals surface area contributed by atoms with Gasteiger partial charge in [-0.05, 0) is 49.2 Å². The molecule has 0 N–H and O–H groups in total. The Balaban J connectivity index is 2.09. The Kier molecular flexibility index (Phi) is 1.71. The van der Waals surface area contributed by atoms with Crippen molar-refractivity contribution in [3.05, 3.63) is 22.9 Å². The number of isocyanates is 1. The molecule has 14 heavy (non-hydrogen) atoms. The largest absolute Gasteiger partial charge is 0.240 e. The topological polar surface area (TPSA) is 29.4 Å². The van der Waals surface area contributed by atoms with E-state index in [0.29, 0.717) is 11.8 Å². The summed E-state index contributed by atoms with van der Waals surface area (Å²) in [7, 11) is 0. The van der Waals surface area contributed by atoms with E-state index in [9.17, 15) is 4.79 Å². The van der Waals surface area contributed by atoms with Crippen molar-refractivity contribution >= 4 is 6.08 Å². The van der Waals surface area contributed by atoms with Crippen LogP contribution in [-0.4, -0.2) is 6.08 Å². The standard InChI is InChI=1S/C12H13NO/c14-7-13-12-10-3-1-2-8(10)6-9-4-5-11(9)12/h6,9,11H,1-5H2. The second kappa shape index (κ2) is 2.93. The lowest BCUT2D eigenvalue weighted by atomic mass is 9.67. The first-order valence-corrected chi connectivity index (χ1v) is 5.42. The van der Waals surface area contributed by atoms with Gasteiger partial charge < -0.3 is 0 Å². The number of hydrogen-bond donors (Lipinski definition) is 0. The van der Waals surface area contributed by atoms with Gasteiger partial charge in [-0.1, -0.05) is 6.08 Å². The Morgan fingerprint density at radius 1 is 1.36 bits per heavy atom. The normalized spacial score (nSPS) is 33.9. The minimum atomic E-state index is 0.549. The third-order valence-electron chi connectivity index (χ3n) is 3.83. The van der Waals surface area contributed by atoms with E-state index in [2.05, 4.69) is 11.1 Å². The number of fused-ring (bicyclic) bond motifs is 2. The maximum absolute atomic E-state index is 10.4. The van der Waals surface area contributed by atoms with Crippen molar-refractivity contribution in [3.63, 3.8) is 0 Å². The lowest BCUT2D eigenvalue weighted by Crippen LogP contribution is -2.29. The van der Waals surface area contributed by atoms with Crippen LogP contribution in [0.4, 0.5) is 0 Å². The lowest BCUT2D eigenvalue weighted by Gasteiger charge is -2.38. The van der Waals surface area contributed by atoms with Gasteiger partial charge in [0.25, 0.3) is 0 Å². The Bertz CT molecular complexity index is 385. The summed E-state index contributed by atoms with van der Waals surface area (Å²) in [6.45, 7) is 0. The summed E-state index contributed by atoms with van der Waals surface area (Å²) < 4.78 is 0. The highest BCUT2D eigenvalue weighted by molar-refractivity contribution is 5.48. The lowest BCUT2D eigenvalue weighted by molar-refractivity contribution is 0.261. The predicted octanol–water partition coefficient (Wildman–Crippen LogP) is 2.73. The van der Waals surface area contributed by atoms with E-state index in [1.807, 2.05) is 0 Å². The minimum absolute atomic E-state index is 0.549. The maximum atomic E-state index is 10.4. The van der Waals surface area contributed by atoms with Gasteiger partial charge in [-0.15, -0.1) is 0 Å². The molecule has 2 saturated carbocycles. The molecule has 0 saturated heterocycles. The number of carbonyl (C=O) groups excluding carboxylic acids is 1. The molecule has 2 atom stereocenters. The second-order valence-corrected chi connectivity index (χ2v) is 4.46. The molecule has 0 aromatic heterocycles. The average molecular weight is 187 g/mol. The van der Waals surface area contributed by atoms with Crippen LogP contribution >= 0.6 is 0 Å². The SMILES string of the molecule is O=C=NC1=C2CCCC2=CC2CCC12. The first kappa shape index (κ1) is 8.19. The average Bonchev–Trinajstić information content (AvgIpc) is 2.58. The molecule has 0 amide bonds. The van der Waals surface area contributed by atoms with E-state index in [4.69, 9.17) is 0 Å². The van der Waals surface area contributed by atoms with Crippen LogP contribution in [0.3, 0.4) is 0 Å². The van der Waals surface area contributed by atoms with Crippen LogP contribution < -0.4 is 0 Å². The Labute approximate surface area is 83.4 Å². The number of allylic oxidation sites excluding steroid dienone is 4. The molecule has 0 aromatic carbocycles. The zero-order chi connectivity index (χ0) is 9.54. The number of nitrogens with zero attached hydrogens (tertiary/aromatic N) is 1. The first-order valence-electron chi connectivity index (χ1n) is 5.42. The fourth-order valence-corrected chi connectivity index (χ4v) is 2.99. The summed E-state index contributed by atoms with van der Waals surface area (Å²) in [5, 5.41) is 0. The third-order valence-corrected chi connectivity index (χ3v) is 3.83. The van der Waals surface area contributed by atoms with Crippen LogP contribution in [0.5, 0.6) is 0 Å². The van der Waals surface area contributed by atoms with Crippen molar-refractivity contribution < 1.29 is 4.79 Å². The van der Waals surface area contributed by atoms with Crippen molar-refractivity contribution in [2.24, 2.45) is 16.8 Å². The molecule has 2 fully saturated rings. The number of hydrogen-bond acceptors (Lipinski definition) is 2. The van der Waals surface area contributed by atoms with Crippen LogP contribution in [0.1, 0.15) is 32.1 Å².